The van der Waals surface area contributed by atoms with Crippen LogP contribution < -0.4 is 0 Å². The Bertz CT molecular complexity index is 111. The molecule has 1 atom stereocenters. The molecule has 0 rings (SSSR count). The minimum Gasteiger partial charge on any atom is -0.447 e. The van der Waals surface area contributed by atoms with Crippen molar-refractivity contribution in [2.24, 2.45) is 0 Å². The van der Waals surface area contributed by atoms with E-state index in [4.69, 9.17) is 4.74 Å². The third kappa shape index (κ3) is 3.75. The Kier molecular flexibility index (Phi) is 4.07. The van der Waals surface area contributed by atoms with E-state index in [-0.39, 0.29) is 6.00 Å². The SMILES string of the molecule is CCOC(C)B(O)C(C)(C)O. The van der Waals surface area contributed by atoms with Crippen LogP contribution in [0.4, 0.5) is 0 Å². The molecule has 66 valence electrons. The van der Waals surface area contributed by atoms with Gasteiger partial charge in [-0.15, -0.1) is 0 Å². The summed E-state index contributed by atoms with van der Waals surface area (Å²) in [5, 5.41) is 18.8. The van der Waals surface area contributed by atoms with E-state index in [1.165, 1.54) is 0 Å². The van der Waals surface area contributed by atoms with Crippen molar-refractivity contribution in [3.63, 3.8) is 0 Å². The monoisotopic (exact) mass is 160 g/mol. The van der Waals surface area contributed by atoms with Crippen molar-refractivity contribution in [2.45, 2.75) is 39.2 Å². The van der Waals surface area contributed by atoms with Crippen molar-refractivity contribution in [3.05, 3.63) is 0 Å². The molecule has 0 aliphatic carbocycles. The maximum Gasteiger partial charge on any atom is 0.351 e. The molecule has 0 aliphatic heterocycles. The van der Waals surface area contributed by atoms with Gasteiger partial charge >= 0.3 is 6.92 Å². The quantitative estimate of drug-likeness (QED) is 0.579. The van der Waals surface area contributed by atoms with Crippen LogP contribution >= 0.6 is 0 Å². The Labute approximate surface area is 68.5 Å². The number of ether oxygens (including phenoxy) is 1. The lowest BCUT2D eigenvalue weighted by Crippen LogP contribution is -2.49. The summed E-state index contributed by atoms with van der Waals surface area (Å²) >= 11 is 0. The van der Waals surface area contributed by atoms with Gasteiger partial charge in [0.25, 0.3) is 0 Å². The predicted octanol–water partition coefficient (Wildman–Crippen LogP) is 0.244. The smallest absolute Gasteiger partial charge is 0.351 e. The summed E-state index contributed by atoms with van der Waals surface area (Å²) in [6, 6.07) is -0.319. The Morgan fingerprint density at radius 2 is 2.00 bits per heavy atom. The predicted molar refractivity (Wildman–Crippen MR) is 45.4 cm³/mol. The zero-order chi connectivity index (χ0) is 9.07. The first-order valence-electron chi connectivity index (χ1n) is 3.91. The third-order valence-corrected chi connectivity index (χ3v) is 1.60. The van der Waals surface area contributed by atoms with Gasteiger partial charge in [-0.2, -0.15) is 0 Å². The molecular weight excluding hydrogens is 143 g/mol. The maximum absolute atomic E-state index is 9.41. The topological polar surface area (TPSA) is 49.7 Å². The Balaban J connectivity index is 3.91. The fourth-order valence-corrected chi connectivity index (χ4v) is 0.928. The van der Waals surface area contributed by atoms with E-state index in [0.29, 0.717) is 6.61 Å². The van der Waals surface area contributed by atoms with E-state index >= 15 is 0 Å². The second-order valence-corrected chi connectivity index (χ2v) is 3.26. The van der Waals surface area contributed by atoms with Crippen LogP contribution in [-0.4, -0.2) is 35.2 Å². The zero-order valence-corrected chi connectivity index (χ0v) is 7.66. The molecule has 3 nitrogen and oxygen atoms in total. The Morgan fingerprint density at radius 1 is 1.55 bits per heavy atom. The third-order valence-electron chi connectivity index (χ3n) is 1.60. The first-order valence-corrected chi connectivity index (χ1v) is 3.91. The van der Waals surface area contributed by atoms with E-state index in [1.807, 2.05) is 6.92 Å². The maximum atomic E-state index is 9.41. The molecule has 0 aromatic carbocycles. The van der Waals surface area contributed by atoms with E-state index in [1.54, 1.807) is 20.8 Å². The van der Waals surface area contributed by atoms with Gasteiger partial charge < -0.3 is 14.9 Å². The molecule has 0 spiro atoms. The van der Waals surface area contributed by atoms with Crippen LogP contribution in [0, 0.1) is 0 Å². The zero-order valence-electron chi connectivity index (χ0n) is 7.66. The number of hydrogen-bond acceptors (Lipinski definition) is 3. The van der Waals surface area contributed by atoms with Crippen LogP contribution in [0.2, 0.25) is 0 Å². The van der Waals surface area contributed by atoms with Crippen LogP contribution in [-0.2, 0) is 4.74 Å². The summed E-state index contributed by atoms with van der Waals surface area (Å²) in [6.45, 7) is 6.44. The number of rotatable bonds is 4. The van der Waals surface area contributed by atoms with Gasteiger partial charge in [-0.25, -0.2) is 0 Å². The van der Waals surface area contributed by atoms with Gasteiger partial charge in [0.2, 0.25) is 0 Å². The highest BCUT2D eigenvalue weighted by atomic mass is 16.5. The molecule has 0 aromatic rings. The lowest BCUT2D eigenvalue weighted by molar-refractivity contribution is 0.0829. The number of aliphatic hydroxyl groups is 1. The molecule has 0 aromatic heterocycles. The van der Waals surface area contributed by atoms with Crippen LogP contribution in [0.25, 0.3) is 0 Å². The first kappa shape index (κ1) is 10.9. The van der Waals surface area contributed by atoms with Crippen LogP contribution in [0.15, 0.2) is 0 Å². The van der Waals surface area contributed by atoms with Gasteiger partial charge in [0, 0.05) is 6.61 Å². The van der Waals surface area contributed by atoms with Gasteiger partial charge in [-0.3, -0.25) is 0 Å². The molecule has 0 fully saturated rings. The molecule has 0 aliphatic rings. The van der Waals surface area contributed by atoms with Crippen molar-refractivity contribution in [2.75, 3.05) is 6.61 Å². The summed E-state index contributed by atoms with van der Waals surface area (Å²) in [5.74, 6) is 0. The minimum absolute atomic E-state index is 0.319. The van der Waals surface area contributed by atoms with Gasteiger partial charge in [-0.1, -0.05) is 0 Å². The fourth-order valence-electron chi connectivity index (χ4n) is 0.928. The summed E-state index contributed by atoms with van der Waals surface area (Å²) in [6.07, 6.45) is 0. The molecular formula is C7H17BO3. The Morgan fingerprint density at radius 3 is 2.27 bits per heavy atom. The van der Waals surface area contributed by atoms with Gasteiger partial charge in [0.1, 0.15) is 0 Å². The first-order chi connectivity index (χ1) is 4.89. The van der Waals surface area contributed by atoms with E-state index in [0.717, 1.165) is 0 Å². The second-order valence-electron chi connectivity index (χ2n) is 3.26. The molecule has 0 saturated heterocycles. The molecule has 0 saturated carbocycles. The van der Waals surface area contributed by atoms with Crippen molar-refractivity contribution >= 4 is 6.92 Å². The van der Waals surface area contributed by atoms with Crippen LogP contribution in [0.5, 0.6) is 0 Å². The van der Waals surface area contributed by atoms with E-state index < -0.39 is 12.4 Å². The Hall–Kier alpha value is -0.0551. The largest absolute Gasteiger partial charge is 0.447 e. The molecule has 0 amide bonds. The number of hydrogen-bond donors (Lipinski definition) is 2. The van der Waals surface area contributed by atoms with Crippen molar-refractivity contribution < 1.29 is 14.9 Å². The molecule has 4 heteroatoms. The van der Waals surface area contributed by atoms with Gasteiger partial charge in [0.15, 0.2) is 0 Å². The average Bonchev–Trinajstić information content (AvgIpc) is 1.85. The van der Waals surface area contributed by atoms with Gasteiger partial charge in [0.05, 0.1) is 11.5 Å². The summed E-state index contributed by atoms with van der Waals surface area (Å²) in [5.41, 5.74) is -1.09. The lowest BCUT2D eigenvalue weighted by atomic mass is 9.50. The summed E-state index contributed by atoms with van der Waals surface area (Å²) < 4.78 is 5.12. The van der Waals surface area contributed by atoms with Crippen LogP contribution in [0.1, 0.15) is 27.7 Å². The second kappa shape index (κ2) is 4.09. The standard InChI is InChI=1S/C7H17BO3/c1-5-11-6(2)8(10)7(3,4)9/h6,9-10H,5H2,1-4H3. The summed E-state index contributed by atoms with van der Waals surface area (Å²) in [4.78, 5) is 0. The lowest BCUT2D eigenvalue weighted by Gasteiger charge is -2.25. The van der Waals surface area contributed by atoms with E-state index in [2.05, 4.69) is 0 Å². The molecule has 0 heterocycles. The molecule has 11 heavy (non-hydrogen) atoms. The molecule has 0 radical (unpaired) electrons. The normalized spacial score (nSPS) is 14.7. The molecule has 2 N–H and O–H groups in total. The molecule has 1 unspecified atom stereocenters. The highest BCUT2D eigenvalue weighted by Crippen LogP contribution is 2.09. The fraction of sp³-hybridized carbons (Fsp3) is 1.00. The summed E-state index contributed by atoms with van der Waals surface area (Å²) in [7, 11) is 0. The van der Waals surface area contributed by atoms with Gasteiger partial charge in [-0.05, 0) is 27.7 Å². The van der Waals surface area contributed by atoms with Crippen molar-refractivity contribution in [1.82, 2.24) is 0 Å². The van der Waals surface area contributed by atoms with Crippen molar-refractivity contribution in [3.8, 4) is 0 Å². The highest BCUT2D eigenvalue weighted by molar-refractivity contribution is 6.54. The highest BCUT2D eigenvalue weighted by Gasteiger charge is 2.35. The average molecular weight is 160 g/mol. The van der Waals surface area contributed by atoms with E-state index in [9.17, 15) is 10.1 Å². The van der Waals surface area contributed by atoms with Crippen molar-refractivity contribution in [1.29, 1.82) is 0 Å². The van der Waals surface area contributed by atoms with Crippen LogP contribution in [0.3, 0.4) is 0 Å². The molecule has 0 bridgehead atoms. The minimum atomic E-state index is -1.09.